The number of nitrogens with zero attached hydrogens (tertiary/aromatic N) is 2. The number of benzene rings is 1. The molecule has 0 radical (unpaired) electrons. The van der Waals surface area contributed by atoms with Gasteiger partial charge < -0.3 is 5.73 Å². The summed E-state index contributed by atoms with van der Waals surface area (Å²) in [5.74, 6) is 0.708. The molecular formula is C13H14IN3. The van der Waals surface area contributed by atoms with E-state index in [1.165, 1.54) is 27.7 Å². The molecule has 1 aromatic carbocycles. The van der Waals surface area contributed by atoms with Crippen LogP contribution in [0, 0.1) is 3.57 Å². The van der Waals surface area contributed by atoms with E-state index >= 15 is 0 Å². The second-order valence-corrected chi connectivity index (χ2v) is 5.54. The molecule has 0 aliphatic heterocycles. The molecule has 2 aromatic rings. The smallest absolute Gasteiger partial charge is 0.149 e. The van der Waals surface area contributed by atoms with Gasteiger partial charge in [0.05, 0.1) is 5.69 Å². The Morgan fingerprint density at radius 1 is 1.18 bits per heavy atom. The van der Waals surface area contributed by atoms with Crippen molar-refractivity contribution in [1.82, 2.24) is 9.78 Å². The van der Waals surface area contributed by atoms with E-state index in [0.29, 0.717) is 5.82 Å². The molecule has 1 aliphatic rings. The van der Waals surface area contributed by atoms with Crippen molar-refractivity contribution in [3.63, 3.8) is 0 Å². The third kappa shape index (κ3) is 1.84. The van der Waals surface area contributed by atoms with Crippen LogP contribution in [0.1, 0.15) is 24.1 Å². The minimum absolute atomic E-state index is 0.708. The Kier molecular flexibility index (Phi) is 2.82. The number of hydrogen-bond donors (Lipinski definition) is 1. The minimum atomic E-state index is 0.708. The molecule has 0 saturated heterocycles. The summed E-state index contributed by atoms with van der Waals surface area (Å²) < 4.78 is 3.24. The number of halogens is 1. The maximum atomic E-state index is 6.02. The molecule has 88 valence electrons. The molecular weight excluding hydrogens is 325 g/mol. The third-order valence-electron chi connectivity index (χ3n) is 3.29. The number of nitrogens with two attached hydrogens (primary N) is 1. The largest absolute Gasteiger partial charge is 0.382 e. The Bertz CT molecular complexity index is 560. The third-order valence-corrected chi connectivity index (χ3v) is 4.20. The highest BCUT2D eigenvalue weighted by Gasteiger charge is 2.20. The van der Waals surface area contributed by atoms with Crippen molar-refractivity contribution in [3.8, 4) is 5.69 Å². The summed E-state index contributed by atoms with van der Waals surface area (Å²) in [6.45, 7) is 0. The number of anilines is 1. The first-order chi connectivity index (χ1) is 8.27. The molecule has 3 rings (SSSR count). The van der Waals surface area contributed by atoms with Gasteiger partial charge in [0.1, 0.15) is 5.82 Å². The highest BCUT2D eigenvalue weighted by Crippen LogP contribution is 2.29. The Balaban J connectivity index is 2.19. The van der Waals surface area contributed by atoms with Crippen molar-refractivity contribution < 1.29 is 0 Å². The predicted octanol–water partition coefficient (Wildman–Crippen LogP) is 2.94. The van der Waals surface area contributed by atoms with Gasteiger partial charge in [0, 0.05) is 14.8 Å². The molecule has 1 aliphatic carbocycles. The van der Waals surface area contributed by atoms with Crippen LogP contribution in [0.25, 0.3) is 5.69 Å². The van der Waals surface area contributed by atoms with Crippen LogP contribution in [0.3, 0.4) is 0 Å². The van der Waals surface area contributed by atoms with Crippen molar-refractivity contribution in [2.24, 2.45) is 0 Å². The average molecular weight is 339 g/mol. The second kappa shape index (κ2) is 4.33. The lowest BCUT2D eigenvalue weighted by Gasteiger charge is -2.14. The van der Waals surface area contributed by atoms with E-state index in [1.54, 1.807) is 0 Å². The molecule has 0 amide bonds. The monoisotopic (exact) mass is 339 g/mol. The highest BCUT2D eigenvalue weighted by atomic mass is 127. The zero-order chi connectivity index (χ0) is 11.8. The maximum Gasteiger partial charge on any atom is 0.149 e. The first-order valence-electron chi connectivity index (χ1n) is 5.88. The van der Waals surface area contributed by atoms with Crippen LogP contribution in [-0.2, 0) is 12.8 Å². The molecule has 3 nitrogen and oxygen atoms in total. The molecule has 0 atom stereocenters. The second-order valence-electron chi connectivity index (χ2n) is 4.38. The molecule has 4 heteroatoms. The Morgan fingerprint density at radius 3 is 2.76 bits per heavy atom. The highest BCUT2D eigenvalue weighted by molar-refractivity contribution is 14.1. The number of aromatic nitrogens is 2. The van der Waals surface area contributed by atoms with Gasteiger partial charge in [-0.15, -0.1) is 0 Å². The number of rotatable bonds is 1. The fourth-order valence-electron chi connectivity index (χ4n) is 2.45. The van der Waals surface area contributed by atoms with E-state index in [2.05, 4.69) is 39.8 Å². The van der Waals surface area contributed by atoms with Crippen LogP contribution < -0.4 is 5.73 Å². The van der Waals surface area contributed by atoms with Gasteiger partial charge in [-0.2, -0.15) is 5.10 Å². The van der Waals surface area contributed by atoms with Crippen molar-refractivity contribution in [3.05, 3.63) is 39.1 Å². The van der Waals surface area contributed by atoms with E-state index in [0.717, 1.165) is 18.5 Å². The van der Waals surface area contributed by atoms with E-state index in [9.17, 15) is 0 Å². The van der Waals surface area contributed by atoms with Crippen LogP contribution >= 0.6 is 22.6 Å². The Labute approximate surface area is 114 Å². The first-order valence-corrected chi connectivity index (χ1v) is 6.96. The summed E-state index contributed by atoms with van der Waals surface area (Å²) in [6, 6.07) is 8.29. The van der Waals surface area contributed by atoms with Gasteiger partial charge in [0.15, 0.2) is 0 Å². The summed E-state index contributed by atoms with van der Waals surface area (Å²) in [6.07, 6.45) is 4.63. The molecule has 17 heavy (non-hydrogen) atoms. The summed E-state index contributed by atoms with van der Waals surface area (Å²) in [5.41, 5.74) is 9.72. The Hall–Kier alpha value is -1.04. The van der Waals surface area contributed by atoms with Gasteiger partial charge in [-0.1, -0.05) is 12.1 Å². The van der Waals surface area contributed by atoms with Gasteiger partial charge in [0.2, 0.25) is 0 Å². The topological polar surface area (TPSA) is 43.8 Å². The molecule has 1 heterocycles. The minimum Gasteiger partial charge on any atom is -0.382 e. The quantitative estimate of drug-likeness (QED) is 0.812. The van der Waals surface area contributed by atoms with Crippen LogP contribution in [0.2, 0.25) is 0 Å². The van der Waals surface area contributed by atoms with Crippen LogP contribution in [0.4, 0.5) is 5.82 Å². The summed E-state index contributed by atoms with van der Waals surface area (Å²) >= 11 is 2.35. The fourth-order valence-corrected chi connectivity index (χ4v) is 3.07. The molecule has 0 spiro atoms. The van der Waals surface area contributed by atoms with E-state index < -0.39 is 0 Å². The lowest BCUT2D eigenvalue weighted by molar-refractivity contribution is 0.653. The molecule has 0 saturated carbocycles. The normalized spacial score (nSPS) is 14.6. The SMILES string of the molecule is Nc1nn(-c2ccccc2I)c2c1CCCC2. The number of hydrogen-bond acceptors (Lipinski definition) is 2. The number of nitrogen functional groups attached to an aromatic ring is 1. The molecule has 1 aromatic heterocycles. The van der Waals surface area contributed by atoms with E-state index in [-0.39, 0.29) is 0 Å². The summed E-state index contributed by atoms with van der Waals surface area (Å²) in [7, 11) is 0. The molecule has 0 unspecified atom stereocenters. The molecule has 0 fully saturated rings. The zero-order valence-corrected chi connectivity index (χ0v) is 11.6. The van der Waals surface area contributed by atoms with Gasteiger partial charge in [0.25, 0.3) is 0 Å². The van der Waals surface area contributed by atoms with Crippen LogP contribution in [0.5, 0.6) is 0 Å². The van der Waals surface area contributed by atoms with Crippen LogP contribution in [-0.4, -0.2) is 9.78 Å². The fraction of sp³-hybridized carbons (Fsp3) is 0.308. The Morgan fingerprint density at radius 2 is 1.94 bits per heavy atom. The lowest BCUT2D eigenvalue weighted by Crippen LogP contribution is -2.08. The van der Waals surface area contributed by atoms with Gasteiger partial charge >= 0.3 is 0 Å². The summed E-state index contributed by atoms with van der Waals surface area (Å²) in [4.78, 5) is 0. The van der Waals surface area contributed by atoms with Crippen molar-refractivity contribution >= 4 is 28.4 Å². The maximum absolute atomic E-state index is 6.02. The van der Waals surface area contributed by atoms with E-state index in [1.807, 2.05) is 16.8 Å². The van der Waals surface area contributed by atoms with Crippen LogP contribution in [0.15, 0.2) is 24.3 Å². The number of para-hydroxylation sites is 1. The van der Waals surface area contributed by atoms with Crippen molar-refractivity contribution in [2.45, 2.75) is 25.7 Å². The number of fused-ring (bicyclic) bond motifs is 1. The lowest BCUT2D eigenvalue weighted by atomic mass is 9.97. The summed E-state index contributed by atoms with van der Waals surface area (Å²) in [5, 5.41) is 4.51. The molecule has 2 N–H and O–H groups in total. The zero-order valence-electron chi connectivity index (χ0n) is 9.49. The van der Waals surface area contributed by atoms with Gasteiger partial charge in [-0.05, 0) is 60.4 Å². The van der Waals surface area contributed by atoms with Crippen molar-refractivity contribution in [2.75, 3.05) is 5.73 Å². The average Bonchev–Trinajstić information content (AvgIpc) is 2.68. The van der Waals surface area contributed by atoms with Gasteiger partial charge in [-0.3, -0.25) is 0 Å². The molecule has 0 bridgehead atoms. The van der Waals surface area contributed by atoms with E-state index in [4.69, 9.17) is 5.73 Å². The predicted molar refractivity (Wildman–Crippen MR) is 77.3 cm³/mol. The van der Waals surface area contributed by atoms with Crippen molar-refractivity contribution in [1.29, 1.82) is 0 Å². The standard InChI is InChI=1S/C13H14IN3/c14-10-6-2-4-8-12(10)17-11-7-3-1-5-9(11)13(15)16-17/h2,4,6,8H,1,3,5,7H2,(H2,15,16). The first kappa shape index (κ1) is 11.1. The van der Waals surface area contributed by atoms with Gasteiger partial charge in [-0.25, -0.2) is 4.68 Å².